The van der Waals surface area contributed by atoms with Gasteiger partial charge in [0, 0.05) is 18.7 Å². The van der Waals surface area contributed by atoms with Crippen LogP contribution >= 0.6 is 0 Å². The third-order valence-corrected chi connectivity index (χ3v) is 4.53. The fourth-order valence-electron chi connectivity index (χ4n) is 2.98. The van der Waals surface area contributed by atoms with Crippen LogP contribution in [0.25, 0.3) is 0 Å². The highest BCUT2D eigenvalue weighted by Crippen LogP contribution is 2.16. The van der Waals surface area contributed by atoms with E-state index >= 15 is 0 Å². The maximum Gasteiger partial charge on any atom is 0.330 e. The van der Waals surface area contributed by atoms with Gasteiger partial charge >= 0.3 is 5.97 Å². The van der Waals surface area contributed by atoms with Crippen molar-refractivity contribution in [1.82, 2.24) is 4.90 Å². The molecular weight excluding hydrogens is 392 g/mol. The average Bonchev–Trinajstić information content (AvgIpc) is 2.80. The van der Waals surface area contributed by atoms with Crippen molar-refractivity contribution in [2.75, 3.05) is 6.61 Å². The summed E-state index contributed by atoms with van der Waals surface area (Å²) in [5.41, 5.74) is 2.30. The van der Waals surface area contributed by atoms with E-state index in [4.69, 9.17) is 9.94 Å². The van der Waals surface area contributed by atoms with Crippen molar-refractivity contribution < 1.29 is 19.5 Å². The molecule has 6 nitrogen and oxygen atoms in total. The largest absolute Gasteiger partial charge is 0.463 e. The lowest BCUT2D eigenvalue weighted by atomic mass is 10.0. The molecule has 0 saturated heterocycles. The number of amides is 1. The predicted octanol–water partition coefficient (Wildman–Crippen LogP) is 4.15. The molecular formula is C25H28N2O4. The number of allylic oxidation sites excluding steroid dienone is 1. The van der Waals surface area contributed by atoms with Crippen molar-refractivity contribution in [3.63, 3.8) is 0 Å². The topological polar surface area (TPSA) is 79.2 Å². The zero-order chi connectivity index (χ0) is 22.5. The zero-order valence-corrected chi connectivity index (χ0v) is 17.8. The Morgan fingerprint density at radius 2 is 1.61 bits per heavy atom. The van der Waals surface area contributed by atoms with Gasteiger partial charge in [0.25, 0.3) is 0 Å². The summed E-state index contributed by atoms with van der Waals surface area (Å²) >= 11 is 0. The maximum atomic E-state index is 13.1. The number of nitrogens with zero attached hydrogens (tertiary/aromatic N) is 2. The molecule has 1 amide bonds. The van der Waals surface area contributed by atoms with Crippen LogP contribution in [-0.2, 0) is 27.3 Å². The lowest BCUT2D eigenvalue weighted by molar-refractivity contribution is -0.137. The molecule has 0 saturated carbocycles. The highest BCUT2D eigenvalue weighted by molar-refractivity contribution is 5.99. The smallest absolute Gasteiger partial charge is 0.330 e. The van der Waals surface area contributed by atoms with Gasteiger partial charge in [0.1, 0.15) is 0 Å². The second-order valence-corrected chi connectivity index (χ2v) is 6.89. The quantitative estimate of drug-likeness (QED) is 0.206. The van der Waals surface area contributed by atoms with Crippen LogP contribution in [0.5, 0.6) is 0 Å². The molecule has 31 heavy (non-hydrogen) atoms. The molecule has 2 aromatic carbocycles. The minimum Gasteiger partial charge on any atom is -0.463 e. The highest BCUT2D eigenvalue weighted by atomic mass is 16.5. The Hall–Kier alpha value is -3.67. The van der Waals surface area contributed by atoms with Gasteiger partial charge in [-0.2, -0.15) is 0 Å². The van der Waals surface area contributed by atoms with E-state index in [1.54, 1.807) is 24.8 Å². The Labute approximate surface area is 183 Å². The van der Waals surface area contributed by atoms with E-state index < -0.39 is 12.0 Å². The van der Waals surface area contributed by atoms with Crippen molar-refractivity contribution in [3.05, 3.63) is 96.1 Å². The number of hydrogen-bond acceptors (Lipinski definition) is 5. The lowest BCUT2D eigenvalue weighted by Crippen LogP contribution is -2.39. The minimum absolute atomic E-state index is 0.263. The first-order valence-electron chi connectivity index (χ1n) is 10.1. The normalized spacial score (nSPS) is 12.8. The van der Waals surface area contributed by atoms with Crippen LogP contribution in [-0.4, -0.2) is 40.3 Å². The Bertz CT molecular complexity index is 921. The van der Waals surface area contributed by atoms with Crippen LogP contribution in [0.2, 0.25) is 0 Å². The Morgan fingerprint density at radius 1 is 1.00 bits per heavy atom. The zero-order valence-electron chi connectivity index (χ0n) is 17.8. The van der Waals surface area contributed by atoms with Gasteiger partial charge in [0.05, 0.1) is 18.4 Å². The first-order valence-corrected chi connectivity index (χ1v) is 10.1. The SMILES string of the molecule is CCOC(=O)/C=C/C(Cc1ccccc1)N(Cc1ccccc1)C(=O)/C=C/C(C)=NO. The number of oxime groups is 1. The first-order chi connectivity index (χ1) is 15.0. The number of carbonyl (C=O) groups excluding carboxylic acids is 2. The number of hydrogen-bond donors (Lipinski definition) is 1. The van der Waals surface area contributed by atoms with E-state index in [2.05, 4.69) is 5.16 Å². The molecule has 1 atom stereocenters. The summed E-state index contributed by atoms with van der Waals surface area (Å²) in [7, 11) is 0. The van der Waals surface area contributed by atoms with Gasteiger partial charge in [-0.25, -0.2) is 4.79 Å². The Kier molecular flexibility index (Phi) is 9.75. The second kappa shape index (κ2) is 12.8. The molecule has 2 aromatic rings. The molecule has 0 bridgehead atoms. The van der Waals surface area contributed by atoms with Crippen LogP contribution < -0.4 is 0 Å². The molecule has 6 heteroatoms. The van der Waals surface area contributed by atoms with E-state index in [-0.39, 0.29) is 12.5 Å². The molecule has 0 aliphatic heterocycles. The summed E-state index contributed by atoms with van der Waals surface area (Å²) in [6, 6.07) is 19.0. The summed E-state index contributed by atoms with van der Waals surface area (Å²) in [5, 5.41) is 12.0. The van der Waals surface area contributed by atoms with E-state index in [0.29, 0.717) is 18.7 Å². The fraction of sp³-hybridized carbons (Fsp3) is 0.240. The molecule has 0 aromatic heterocycles. The third-order valence-electron chi connectivity index (χ3n) is 4.53. The number of esters is 1. The standard InChI is InChI=1S/C25H28N2O4/c1-3-31-25(29)17-15-23(18-21-10-6-4-7-11-21)27(19-22-12-8-5-9-13-22)24(28)16-14-20(2)26-30/h4-17,23,30H,3,18-19H2,1-2H3/b16-14+,17-15+,26-20?. The van der Waals surface area contributed by atoms with Crippen LogP contribution in [0.15, 0.2) is 90.1 Å². The van der Waals surface area contributed by atoms with E-state index in [9.17, 15) is 9.59 Å². The van der Waals surface area contributed by atoms with Crippen molar-refractivity contribution in [2.45, 2.75) is 32.9 Å². The van der Waals surface area contributed by atoms with Gasteiger partial charge in [0.15, 0.2) is 0 Å². The summed E-state index contributed by atoms with van der Waals surface area (Å²) < 4.78 is 5.01. The number of ether oxygens (including phenoxy) is 1. The molecule has 0 radical (unpaired) electrons. The van der Waals surface area contributed by atoms with Gasteiger partial charge in [-0.1, -0.05) is 71.9 Å². The molecule has 0 aliphatic rings. The van der Waals surface area contributed by atoms with Gasteiger partial charge in [-0.3, -0.25) is 4.79 Å². The molecule has 0 aliphatic carbocycles. The summed E-state index contributed by atoms with van der Waals surface area (Å²) in [6.45, 7) is 3.97. The van der Waals surface area contributed by atoms with Gasteiger partial charge < -0.3 is 14.8 Å². The van der Waals surface area contributed by atoms with Gasteiger partial charge in [0.2, 0.25) is 5.91 Å². The lowest BCUT2D eigenvalue weighted by Gasteiger charge is -2.29. The van der Waals surface area contributed by atoms with Crippen molar-refractivity contribution in [2.24, 2.45) is 5.16 Å². The molecule has 162 valence electrons. The van der Waals surface area contributed by atoms with Crippen LogP contribution in [0, 0.1) is 0 Å². The number of benzene rings is 2. The first kappa shape index (κ1) is 23.6. The monoisotopic (exact) mass is 420 g/mol. The van der Waals surface area contributed by atoms with Gasteiger partial charge in [-0.05, 0) is 37.5 Å². The molecule has 1 N–H and O–H groups in total. The molecule has 0 heterocycles. The van der Waals surface area contributed by atoms with Gasteiger partial charge in [-0.15, -0.1) is 0 Å². The Balaban J connectivity index is 2.39. The second-order valence-electron chi connectivity index (χ2n) is 6.89. The molecule has 0 spiro atoms. The highest BCUT2D eigenvalue weighted by Gasteiger charge is 2.21. The van der Waals surface area contributed by atoms with Crippen molar-refractivity contribution in [3.8, 4) is 0 Å². The van der Waals surface area contributed by atoms with E-state index in [1.807, 2.05) is 60.7 Å². The maximum absolute atomic E-state index is 13.1. The van der Waals surface area contributed by atoms with Crippen molar-refractivity contribution in [1.29, 1.82) is 0 Å². The molecule has 0 fully saturated rings. The summed E-state index contributed by atoms with van der Waals surface area (Å²) in [4.78, 5) is 26.7. The van der Waals surface area contributed by atoms with E-state index in [1.165, 1.54) is 18.2 Å². The number of carbonyl (C=O) groups is 2. The summed E-state index contributed by atoms with van der Waals surface area (Å²) in [6.07, 6.45) is 6.42. The molecule has 2 rings (SSSR count). The van der Waals surface area contributed by atoms with Crippen LogP contribution in [0.3, 0.4) is 0 Å². The predicted molar refractivity (Wildman–Crippen MR) is 121 cm³/mol. The average molecular weight is 421 g/mol. The van der Waals surface area contributed by atoms with E-state index in [0.717, 1.165) is 11.1 Å². The third kappa shape index (κ3) is 8.30. The minimum atomic E-state index is -0.452. The van der Waals surface area contributed by atoms with Crippen LogP contribution in [0.1, 0.15) is 25.0 Å². The van der Waals surface area contributed by atoms with Crippen molar-refractivity contribution >= 4 is 17.6 Å². The fourth-order valence-corrected chi connectivity index (χ4v) is 2.98. The Morgan fingerprint density at radius 3 is 2.19 bits per heavy atom. The molecule has 1 unspecified atom stereocenters. The summed E-state index contributed by atoms with van der Waals surface area (Å²) in [5.74, 6) is -0.715. The number of rotatable bonds is 10. The van der Waals surface area contributed by atoms with Crippen LogP contribution in [0.4, 0.5) is 0 Å².